The van der Waals surface area contributed by atoms with Crippen LogP contribution in [0.2, 0.25) is 0 Å². The Hall–Kier alpha value is -0.850. The fourth-order valence-corrected chi connectivity index (χ4v) is 3.26. The second-order valence-corrected chi connectivity index (χ2v) is 4.09. The van der Waals surface area contributed by atoms with Crippen molar-refractivity contribution in [3.63, 3.8) is 0 Å². The van der Waals surface area contributed by atoms with Gasteiger partial charge in [-0.15, -0.1) is 0 Å². The molecule has 0 amide bonds. The van der Waals surface area contributed by atoms with E-state index >= 15 is 0 Å². The van der Waals surface area contributed by atoms with Crippen molar-refractivity contribution in [1.82, 2.24) is 4.98 Å². The molecule has 3 aliphatic rings. The lowest BCUT2D eigenvalue weighted by Crippen LogP contribution is -2.15. The first-order chi connectivity index (χ1) is 5.47. The van der Waals surface area contributed by atoms with Gasteiger partial charge < -0.3 is 0 Å². The monoisotopic (exact) mass is 143 g/mol. The van der Waals surface area contributed by atoms with E-state index in [9.17, 15) is 0 Å². The Balaban J connectivity index is 2.06. The lowest BCUT2D eigenvalue weighted by Gasteiger charge is -2.24. The second kappa shape index (κ2) is 1.24. The molecule has 1 aromatic rings. The molecule has 11 heavy (non-hydrogen) atoms. The minimum atomic E-state index is 0.876. The molecular formula is C10H9N. The molecule has 0 radical (unpaired) electrons. The number of aromatic nitrogens is 1. The molecule has 1 nitrogen and oxygen atoms in total. The van der Waals surface area contributed by atoms with Gasteiger partial charge in [0, 0.05) is 17.8 Å². The van der Waals surface area contributed by atoms with Crippen LogP contribution in [-0.2, 0) is 0 Å². The summed E-state index contributed by atoms with van der Waals surface area (Å²) in [7, 11) is 0. The van der Waals surface area contributed by atoms with Gasteiger partial charge in [-0.05, 0) is 35.8 Å². The van der Waals surface area contributed by atoms with Crippen molar-refractivity contribution in [3.8, 4) is 0 Å². The van der Waals surface area contributed by atoms with Gasteiger partial charge in [0.25, 0.3) is 0 Å². The smallest absolute Gasteiger partial charge is 0.0472 e. The maximum absolute atomic E-state index is 4.46. The van der Waals surface area contributed by atoms with Crippen molar-refractivity contribution in [1.29, 1.82) is 0 Å². The quantitative estimate of drug-likeness (QED) is 0.540. The van der Waals surface area contributed by atoms with Crippen molar-refractivity contribution >= 4 is 0 Å². The maximum atomic E-state index is 4.46. The number of rotatable bonds is 0. The van der Waals surface area contributed by atoms with Crippen LogP contribution in [0, 0.1) is 11.8 Å². The maximum Gasteiger partial charge on any atom is 0.0472 e. The number of nitrogens with zero attached hydrogens (tertiary/aromatic N) is 1. The minimum Gasteiger partial charge on any atom is -0.261 e. The highest BCUT2D eigenvalue weighted by molar-refractivity contribution is 5.48. The van der Waals surface area contributed by atoms with E-state index in [1.54, 1.807) is 5.56 Å². The van der Waals surface area contributed by atoms with Gasteiger partial charge in [0.15, 0.2) is 0 Å². The molecule has 4 unspecified atom stereocenters. The zero-order valence-corrected chi connectivity index (χ0v) is 6.20. The summed E-state index contributed by atoms with van der Waals surface area (Å²) in [5, 5.41) is 0. The zero-order chi connectivity index (χ0) is 7.00. The third kappa shape index (κ3) is 0.358. The SMILES string of the molecule is c1cnc2c(c1)C1C3CC2C31. The average molecular weight is 143 g/mol. The Labute approximate surface area is 65.5 Å². The summed E-state index contributed by atoms with van der Waals surface area (Å²) in [6.07, 6.45) is 3.39. The standard InChI is InChI=1S/C10H9N/c1-2-5-8-6-4-7(9(6)8)10(5)11-3-1/h1-3,6-9H,4H2. The van der Waals surface area contributed by atoms with Gasteiger partial charge in [0.2, 0.25) is 0 Å². The van der Waals surface area contributed by atoms with Gasteiger partial charge in [-0.1, -0.05) is 6.07 Å². The first-order valence-electron chi connectivity index (χ1n) is 4.41. The Kier molecular flexibility index (Phi) is 0.553. The predicted octanol–water partition coefficient (Wildman–Crippen LogP) is 1.91. The van der Waals surface area contributed by atoms with Crippen LogP contribution in [0.5, 0.6) is 0 Å². The molecule has 4 atom stereocenters. The summed E-state index contributed by atoms with van der Waals surface area (Å²) in [5.74, 6) is 3.95. The minimum absolute atomic E-state index is 0.876. The summed E-state index contributed by atoms with van der Waals surface area (Å²) in [5.41, 5.74) is 3.02. The molecule has 0 N–H and O–H groups in total. The van der Waals surface area contributed by atoms with E-state index < -0.39 is 0 Å². The van der Waals surface area contributed by atoms with Crippen molar-refractivity contribution < 1.29 is 0 Å². The van der Waals surface area contributed by atoms with Crippen molar-refractivity contribution in [3.05, 3.63) is 29.6 Å². The molecule has 1 aromatic heterocycles. The van der Waals surface area contributed by atoms with Gasteiger partial charge in [-0.2, -0.15) is 0 Å². The molecular weight excluding hydrogens is 134 g/mol. The molecule has 0 spiro atoms. The van der Waals surface area contributed by atoms with E-state index in [-0.39, 0.29) is 0 Å². The van der Waals surface area contributed by atoms with E-state index in [0.717, 1.165) is 23.7 Å². The van der Waals surface area contributed by atoms with E-state index in [4.69, 9.17) is 0 Å². The van der Waals surface area contributed by atoms with E-state index in [2.05, 4.69) is 17.1 Å². The van der Waals surface area contributed by atoms with Gasteiger partial charge >= 0.3 is 0 Å². The van der Waals surface area contributed by atoms with Crippen LogP contribution in [-0.4, -0.2) is 4.98 Å². The molecule has 3 aliphatic carbocycles. The van der Waals surface area contributed by atoms with Gasteiger partial charge in [0.05, 0.1) is 0 Å². The summed E-state index contributed by atoms with van der Waals surface area (Å²) in [4.78, 5) is 4.46. The molecule has 1 heteroatoms. The highest BCUT2D eigenvalue weighted by Crippen LogP contribution is 2.78. The summed E-state index contributed by atoms with van der Waals surface area (Å²) >= 11 is 0. The summed E-state index contributed by atoms with van der Waals surface area (Å²) < 4.78 is 0. The van der Waals surface area contributed by atoms with Crippen LogP contribution in [0.4, 0.5) is 0 Å². The average Bonchev–Trinajstić information content (AvgIpc) is 2.49. The molecule has 1 heterocycles. The van der Waals surface area contributed by atoms with Crippen LogP contribution >= 0.6 is 0 Å². The molecule has 0 bridgehead atoms. The summed E-state index contributed by atoms with van der Waals surface area (Å²) in [6, 6.07) is 4.36. The topological polar surface area (TPSA) is 12.9 Å². The molecule has 0 saturated heterocycles. The third-order valence-electron chi connectivity index (χ3n) is 3.80. The van der Waals surface area contributed by atoms with E-state index in [1.807, 2.05) is 6.20 Å². The van der Waals surface area contributed by atoms with Gasteiger partial charge in [-0.3, -0.25) is 4.98 Å². The predicted molar refractivity (Wildman–Crippen MR) is 41.3 cm³/mol. The van der Waals surface area contributed by atoms with E-state index in [1.165, 1.54) is 12.1 Å². The Bertz CT molecular complexity index is 319. The highest BCUT2D eigenvalue weighted by atomic mass is 14.8. The van der Waals surface area contributed by atoms with Crippen LogP contribution in [0.3, 0.4) is 0 Å². The van der Waals surface area contributed by atoms with E-state index in [0.29, 0.717) is 0 Å². The van der Waals surface area contributed by atoms with Gasteiger partial charge in [0.1, 0.15) is 0 Å². The fraction of sp³-hybridized carbons (Fsp3) is 0.500. The molecule has 2 saturated carbocycles. The van der Waals surface area contributed by atoms with Crippen LogP contribution < -0.4 is 0 Å². The van der Waals surface area contributed by atoms with Crippen LogP contribution in [0.1, 0.15) is 29.5 Å². The number of hydrogen-bond acceptors (Lipinski definition) is 1. The number of fused-ring (bicyclic) bond motifs is 4. The molecule has 0 aliphatic heterocycles. The zero-order valence-electron chi connectivity index (χ0n) is 6.20. The van der Waals surface area contributed by atoms with Crippen LogP contribution in [0.15, 0.2) is 18.3 Å². The van der Waals surface area contributed by atoms with Crippen LogP contribution in [0.25, 0.3) is 0 Å². The Morgan fingerprint density at radius 2 is 2.45 bits per heavy atom. The second-order valence-electron chi connectivity index (χ2n) is 4.09. The lowest BCUT2D eigenvalue weighted by molar-refractivity contribution is 0.380. The first kappa shape index (κ1) is 4.91. The molecule has 2 fully saturated rings. The number of pyridine rings is 1. The fourth-order valence-electron chi connectivity index (χ4n) is 3.26. The van der Waals surface area contributed by atoms with Crippen molar-refractivity contribution in [2.24, 2.45) is 11.8 Å². The molecule has 4 rings (SSSR count). The Morgan fingerprint density at radius 1 is 1.45 bits per heavy atom. The Morgan fingerprint density at radius 3 is 3.36 bits per heavy atom. The number of hydrogen-bond donors (Lipinski definition) is 0. The largest absolute Gasteiger partial charge is 0.261 e. The first-order valence-corrected chi connectivity index (χ1v) is 4.41. The lowest BCUT2D eigenvalue weighted by atomic mass is 9.81. The van der Waals surface area contributed by atoms with Crippen molar-refractivity contribution in [2.45, 2.75) is 18.3 Å². The third-order valence-corrected chi connectivity index (χ3v) is 3.80. The summed E-state index contributed by atoms with van der Waals surface area (Å²) in [6.45, 7) is 0. The highest BCUT2D eigenvalue weighted by Gasteiger charge is 2.69. The molecule has 0 aromatic carbocycles. The van der Waals surface area contributed by atoms with Gasteiger partial charge in [-0.25, -0.2) is 0 Å². The normalized spacial score (nSPS) is 47.6. The van der Waals surface area contributed by atoms with Crippen molar-refractivity contribution in [2.75, 3.05) is 0 Å². The molecule has 54 valence electrons.